The zero-order chi connectivity index (χ0) is 14.4. The first kappa shape index (κ1) is 14.6. The molecule has 3 nitrogen and oxygen atoms in total. The van der Waals surface area contributed by atoms with E-state index >= 15 is 0 Å². The molecule has 0 spiro atoms. The van der Waals surface area contributed by atoms with E-state index in [2.05, 4.69) is 13.0 Å². The van der Waals surface area contributed by atoms with Crippen molar-refractivity contribution in [3.63, 3.8) is 0 Å². The summed E-state index contributed by atoms with van der Waals surface area (Å²) in [5.74, 6) is 1.02. The minimum atomic E-state index is 0.267. The summed E-state index contributed by atoms with van der Waals surface area (Å²) in [5, 5.41) is 8.76. The standard InChI is InChI=1S/C17H22N2O/c1-2-11-19(13-16-7-8-16)17(20)10-9-14-3-5-15(12-18)6-4-14/h3-6,16H,2,7-11,13H2,1H3. The fourth-order valence-electron chi connectivity index (χ4n) is 2.36. The number of hydrogen-bond acceptors (Lipinski definition) is 2. The highest BCUT2D eigenvalue weighted by Gasteiger charge is 2.26. The summed E-state index contributed by atoms with van der Waals surface area (Å²) in [7, 11) is 0. The summed E-state index contributed by atoms with van der Waals surface area (Å²) in [6.07, 6.45) is 4.91. The van der Waals surface area contributed by atoms with Gasteiger partial charge in [0.05, 0.1) is 11.6 Å². The maximum atomic E-state index is 12.3. The number of nitrogens with zero attached hydrogens (tertiary/aromatic N) is 2. The zero-order valence-corrected chi connectivity index (χ0v) is 12.1. The van der Waals surface area contributed by atoms with Crippen molar-refractivity contribution in [2.24, 2.45) is 5.92 Å². The van der Waals surface area contributed by atoms with Crippen LogP contribution in [0.4, 0.5) is 0 Å². The molecule has 1 fully saturated rings. The summed E-state index contributed by atoms with van der Waals surface area (Å²) in [6, 6.07) is 9.62. The van der Waals surface area contributed by atoms with Crippen LogP contribution in [0.2, 0.25) is 0 Å². The van der Waals surface area contributed by atoms with Gasteiger partial charge in [0, 0.05) is 19.5 Å². The molecule has 0 N–H and O–H groups in total. The zero-order valence-electron chi connectivity index (χ0n) is 12.1. The Morgan fingerprint density at radius 3 is 2.60 bits per heavy atom. The molecular formula is C17H22N2O. The number of benzene rings is 1. The summed E-state index contributed by atoms with van der Waals surface area (Å²) in [6.45, 7) is 3.94. The second-order valence-corrected chi connectivity index (χ2v) is 5.59. The first-order chi connectivity index (χ1) is 9.72. The van der Waals surface area contributed by atoms with E-state index < -0.39 is 0 Å². The molecule has 20 heavy (non-hydrogen) atoms. The number of amides is 1. The van der Waals surface area contributed by atoms with Crippen LogP contribution >= 0.6 is 0 Å². The molecule has 1 aromatic carbocycles. The molecule has 3 heteroatoms. The maximum Gasteiger partial charge on any atom is 0.222 e. The van der Waals surface area contributed by atoms with Gasteiger partial charge in [0.25, 0.3) is 0 Å². The van der Waals surface area contributed by atoms with Crippen LogP contribution in [-0.4, -0.2) is 23.9 Å². The van der Waals surface area contributed by atoms with Crippen LogP contribution in [0.5, 0.6) is 0 Å². The van der Waals surface area contributed by atoms with E-state index in [1.807, 2.05) is 29.2 Å². The molecule has 0 aliphatic heterocycles. The van der Waals surface area contributed by atoms with Crippen LogP contribution in [0.1, 0.15) is 43.7 Å². The molecule has 0 saturated heterocycles. The second kappa shape index (κ2) is 7.09. The number of aryl methyl sites for hydroxylation is 1. The molecule has 0 bridgehead atoms. The second-order valence-electron chi connectivity index (χ2n) is 5.59. The predicted molar refractivity (Wildman–Crippen MR) is 79.1 cm³/mol. The van der Waals surface area contributed by atoms with Crippen molar-refractivity contribution >= 4 is 5.91 Å². The minimum Gasteiger partial charge on any atom is -0.342 e. The number of carbonyl (C=O) groups is 1. The van der Waals surface area contributed by atoms with Gasteiger partial charge in [-0.1, -0.05) is 19.1 Å². The van der Waals surface area contributed by atoms with E-state index in [-0.39, 0.29) is 5.91 Å². The maximum absolute atomic E-state index is 12.3. The van der Waals surface area contributed by atoms with Crippen molar-refractivity contribution in [3.05, 3.63) is 35.4 Å². The van der Waals surface area contributed by atoms with Crippen molar-refractivity contribution in [3.8, 4) is 6.07 Å². The lowest BCUT2D eigenvalue weighted by Crippen LogP contribution is -2.33. The fraction of sp³-hybridized carbons (Fsp3) is 0.529. The monoisotopic (exact) mass is 270 g/mol. The number of carbonyl (C=O) groups excluding carboxylic acids is 1. The predicted octanol–water partition coefficient (Wildman–Crippen LogP) is 3.14. The van der Waals surface area contributed by atoms with Crippen molar-refractivity contribution in [2.75, 3.05) is 13.1 Å². The average molecular weight is 270 g/mol. The largest absolute Gasteiger partial charge is 0.342 e. The van der Waals surface area contributed by atoms with Crippen LogP contribution in [-0.2, 0) is 11.2 Å². The van der Waals surface area contributed by atoms with E-state index in [1.54, 1.807) is 0 Å². The molecular weight excluding hydrogens is 248 g/mol. The van der Waals surface area contributed by atoms with Gasteiger partial charge in [-0.15, -0.1) is 0 Å². The van der Waals surface area contributed by atoms with Gasteiger partial charge in [-0.2, -0.15) is 5.26 Å². The topological polar surface area (TPSA) is 44.1 Å². The lowest BCUT2D eigenvalue weighted by molar-refractivity contribution is -0.131. The highest BCUT2D eigenvalue weighted by atomic mass is 16.2. The fourth-order valence-corrected chi connectivity index (χ4v) is 2.36. The SMILES string of the molecule is CCCN(CC1CC1)C(=O)CCc1ccc(C#N)cc1. The Balaban J connectivity index is 1.83. The normalized spacial score (nSPS) is 13.8. The lowest BCUT2D eigenvalue weighted by Gasteiger charge is -2.22. The van der Waals surface area contributed by atoms with Gasteiger partial charge in [-0.3, -0.25) is 4.79 Å². The van der Waals surface area contributed by atoms with Crippen LogP contribution in [0.3, 0.4) is 0 Å². The summed E-state index contributed by atoms with van der Waals surface area (Å²) in [4.78, 5) is 14.3. The molecule has 1 aliphatic carbocycles. The van der Waals surface area contributed by atoms with Gasteiger partial charge in [0.2, 0.25) is 5.91 Å². The Labute approximate surface area is 121 Å². The van der Waals surface area contributed by atoms with Crippen molar-refractivity contribution in [1.82, 2.24) is 4.90 Å². The van der Waals surface area contributed by atoms with E-state index in [4.69, 9.17) is 5.26 Å². The van der Waals surface area contributed by atoms with E-state index in [0.717, 1.165) is 37.4 Å². The van der Waals surface area contributed by atoms with Gasteiger partial charge in [-0.25, -0.2) is 0 Å². The number of rotatable bonds is 7. The van der Waals surface area contributed by atoms with Gasteiger partial charge in [0.15, 0.2) is 0 Å². The Kier molecular flexibility index (Phi) is 5.17. The number of hydrogen-bond donors (Lipinski definition) is 0. The van der Waals surface area contributed by atoms with Crippen molar-refractivity contribution in [1.29, 1.82) is 5.26 Å². The van der Waals surface area contributed by atoms with Gasteiger partial charge in [-0.05, 0) is 49.3 Å². The quantitative estimate of drug-likeness (QED) is 0.764. The Morgan fingerprint density at radius 2 is 2.05 bits per heavy atom. The molecule has 0 aromatic heterocycles. The molecule has 2 rings (SSSR count). The summed E-state index contributed by atoms with van der Waals surface area (Å²) >= 11 is 0. The molecule has 1 aromatic rings. The van der Waals surface area contributed by atoms with E-state index in [9.17, 15) is 4.79 Å². The van der Waals surface area contributed by atoms with Gasteiger partial charge in [0.1, 0.15) is 0 Å². The number of nitriles is 1. The van der Waals surface area contributed by atoms with Crippen LogP contribution in [0.15, 0.2) is 24.3 Å². The first-order valence-corrected chi connectivity index (χ1v) is 7.49. The third-order valence-corrected chi connectivity index (χ3v) is 3.73. The third kappa shape index (κ3) is 4.38. The summed E-state index contributed by atoms with van der Waals surface area (Å²) < 4.78 is 0. The Hall–Kier alpha value is -1.82. The van der Waals surface area contributed by atoms with Crippen LogP contribution < -0.4 is 0 Å². The molecule has 106 valence electrons. The Bertz CT molecular complexity index is 483. The Morgan fingerprint density at radius 1 is 1.35 bits per heavy atom. The highest BCUT2D eigenvalue weighted by Crippen LogP contribution is 2.30. The van der Waals surface area contributed by atoms with Gasteiger partial charge >= 0.3 is 0 Å². The van der Waals surface area contributed by atoms with E-state index in [0.29, 0.717) is 12.0 Å². The molecule has 0 heterocycles. The molecule has 0 unspecified atom stereocenters. The minimum absolute atomic E-state index is 0.267. The lowest BCUT2D eigenvalue weighted by atomic mass is 10.1. The smallest absolute Gasteiger partial charge is 0.222 e. The van der Waals surface area contributed by atoms with Crippen molar-refractivity contribution < 1.29 is 4.79 Å². The van der Waals surface area contributed by atoms with E-state index in [1.165, 1.54) is 12.8 Å². The molecule has 0 radical (unpaired) electrons. The van der Waals surface area contributed by atoms with Crippen LogP contribution in [0.25, 0.3) is 0 Å². The first-order valence-electron chi connectivity index (χ1n) is 7.49. The van der Waals surface area contributed by atoms with Crippen molar-refractivity contribution in [2.45, 2.75) is 39.0 Å². The van der Waals surface area contributed by atoms with Gasteiger partial charge < -0.3 is 4.90 Å². The highest BCUT2D eigenvalue weighted by molar-refractivity contribution is 5.76. The molecule has 0 atom stereocenters. The molecule has 1 aliphatic rings. The third-order valence-electron chi connectivity index (χ3n) is 3.73. The van der Waals surface area contributed by atoms with Crippen LogP contribution in [0, 0.1) is 17.2 Å². The molecule has 1 saturated carbocycles. The average Bonchev–Trinajstić information content (AvgIpc) is 3.29. The summed E-state index contributed by atoms with van der Waals surface area (Å²) in [5.41, 5.74) is 1.79. The molecule has 1 amide bonds.